The molecule has 4 rings (SSSR count). The van der Waals surface area contributed by atoms with Crippen molar-refractivity contribution >= 4 is 39.6 Å². The number of benzene rings is 3. The Morgan fingerprint density at radius 1 is 1.00 bits per heavy atom. The van der Waals surface area contributed by atoms with Crippen LogP contribution in [0.15, 0.2) is 82.9 Å². The first kappa shape index (κ1) is 30.5. The topological polar surface area (TPSA) is 127 Å². The van der Waals surface area contributed by atoms with Crippen molar-refractivity contribution in [2.75, 3.05) is 25.7 Å². The number of sulfone groups is 1. The van der Waals surface area contributed by atoms with Crippen molar-refractivity contribution < 1.29 is 32.2 Å². The minimum atomic E-state index is -3.33. The van der Waals surface area contributed by atoms with E-state index >= 15 is 0 Å². The van der Waals surface area contributed by atoms with Gasteiger partial charge in [0.1, 0.15) is 6.61 Å². The van der Waals surface area contributed by atoms with Crippen molar-refractivity contribution in [2.45, 2.75) is 23.9 Å². The summed E-state index contributed by atoms with van der Waals surface area (Å²) in [5.41, 5.74) is 3.27. The summed E-state index contributed by atoms with van der Waals surface area (Å²) in [6.07, 6.45) is 4.03. The highest BCUT2D eigenvalue weighted by Crippen LogP contribution is 2.29. The lowest BCUT2D eigenvalue weighted by molar-refractivity contribution is -0.137. The number of hydrogen-bond donors (Lipinski definition) is 0. The SMILES string of the molecule is COc1cc(/C=C/C(=O)OCCSc2nc(-c3ccc(S(C)(=O)=O)cc3)n(-c3ccc(C)cc3)n2)ccc1OC(C)=O. The lowest BCUT2D eigenvalue weighted by atomic mass is 10.2. The summed E-state index contributed by atoms with van der Waals surface area (Å²) in [6, 6.07) is 19.2. The van der Waals surface area contributed by atoms with Crippen LogP contribution in [0.1, 0.15) is 18.1 Å². The third kappa shape index (κ3) is 8.08. The number of esters is 2. The Morgan fingerprint density at radius 3 is 2.36 bits per heavy atom. The number of carbonyl (C=O) groups excluding carboxylic acids is 2. The summed E-state index contributed by atoms with van der Waals surface area (Å²) in [4.78, 5) is 28.4. The molecule has 12 heteroatoms. The van der Waals surface area contributed by atoms with Crippen LogP contribution in [0.2, 0.25) is 0 Å². The van der Waals surface area contributed by atoms with Crippen LogP contribution in [-0.4, -0.2) is 60.8 Å². The quantitative estimate of drug-likeness (QED) is 0.0762. The van der Waals surface area contributed by atoms with Crippen molar-refractivity contribution in [1.29, 1.82) is 0 Å². The maximum absolute atomic E-state index is 12.3. The number of thioether (sulfide) groups is 1. The zero-order valence-electron chi connectivity index (χ0n) is 23.4. The first-order chi connectivity index (χ1) is 20.0. The smallest absolute Gasteiger partial charge is 0.330 e. The molecule has 0 aliphatic rings. The Hall–Kier alpha value is -4.42. The van der Waals surface area contributed by atoms with E-state index < -0.39 is 21.8 Å². The molecule has 0 amide bonds. The average Bonchev–Trinajstić information content (AvgIpc) is 3.38. The summed E-state index contributed by atoms with van der Waals surface area (Å²) in [7, 11) is -1.87. The Labute approximate surface area is 248 Å². The maximum atomic E-state index is 12.3. The van der Waals surface area contributed by atoms with Gasteiger partial charge in [-0.15, -0.1) is 5.10 Å². The molecule has 0 atom stereocenters. The van der Waals surface area contributed by atoms with Crippen LogP contribution in [0.3, 0.4) is 0 Å². The molecule has 0 saturated heterocycles. The van der Waals surface area contributed by atoms with E-state index in [0.717, 1.165) is 17.5 Å². The normalized spacial score (nSPS) is 11.4. The fraction of sp³-hybridized carbons (Fsp3) is 0.200. The predicted molar refractivity (Wildman–Crippen MR) is 160 cm³/mol. The van der Waals surface area contributed by atoms with Crippen LogP contribution >= 0.6 is 11.8 Å². The van der Waals surface area contributed by atoms with Gasteiger partial charge in [-0.1, -0.05) is 35.5 Å². The number of ether oxygens (including phenoxy) is 3. The first-order valence-electron chi connectivity index (χ1n) is 12.7. The van der Waals surface area contributed by atoms with Gasteiger partial charge in [0, 0.05) is 30.6 Å². The number of aryl methyl sites for hydroxylation is 1. The molecule has 0 N–H and O–H groups in total. The number of hydrogen-bond acceptors (Lipinski definition) is 10. The summed E-state index contributed by atoms with van der Waals surface area (Å²) in [5.74, 6) is 0.624. The molecule has 0 radical (unpaired) electrons. The fourth-order valence-corrected chi connectivity index (χ4v) is 5.04. The second kappa shape index (κ2) is 13.5. The van der Waals surface area contributed by atoms with E-state index in [4.69, 9.17) is 14.2 Å². The van der Waals surface area contributed by atoms with Crippen molar-refractivity contribution in [2.24, 2.45) is 0 Å². The van der Waals surface area contributed by atoms with E-state index in [9.17, 15) is 18.0 Å². The molecule has 1 heterocycles. The number of methoxy groups -OCH3 is 1. The number of aromatic nitrogens is 3. The summed E-state index contributed by atoms with van der Waals surface area (Å²) >= 11 is 1.32. The molecule has 4 aromatic rings. The molecule has 0 fully saturated rings. The number of carbonyl (C=O) groups is 2. The highest BCUT2D eigenvalue weighted by atomic mass is 32.2. The van der Waals surface area contributed by atoms with Crippen LogP contribution in [-0.2, 0) is 24.2 Å². The Bertz CT molecular complexity index is 1710. The molecule has 42 heavy (non-hydrogen) atoms. The molecule has 0 aliphatic carbocycles. The average molecular weight is 608 g/mol. The van der Waals surface area contributed by atoms with E-state index in [1.165, 1.54) is 31.9 Å². The van der Waals surface area contributed by atoms with Gasteiger partial charge >= 0.3 is 11.9 Å². The third-order valence-electron chi connectivity index (χ3n) is 5.82. The fourth-order valence-electron chi connectivity index (χ4n) is 3.77. The minimum absolute atomic E-state index is 0.125. The molecule has 218 valence electrons. The molecule has 0 bridgehead atoms. The minimum Gasteiger partial charge on any atom is -0.493 e. The van der Waals surface area contributed by atoms with Gasteiger partial charge in [0.15, 0.2) is 27.2 Å². The van der Waals surface area contributed by atoms with E-state index in [-0.39, 0.29) is 17.3 Å². The Kier molecular flexibility index (Phi) is 9.81. The van der Waals surface area contributed by atoms with Gasteiger partial charge in [-0.25, -0.2) is 22.9 Å². The molecule has 1 aromatic heterocycles. The van der Waals surface area contributed by atoms with E-state index in [1.807, 2.05) is 31.2 Å². The van der Waals surface area contributed by atoms with E-state index in [2.05, 4.69) is 10.1 Å². The monoisotopic (exact) mass is 607 g/mol. The van der Waals surface area contributed by atoms with Crippen LogP contribution in [0.4, 0.5) is 0 Å². The summed E-state index contributed by atoms with van der Waals surface area (Å²) in [6.45, 7) is 3.42. The van der Waals surface area contributed by atoms with Gasteiger partial charge < -0.3 is 14.2 Å². The van der Waals surface area contributed by atoms with Gasteiger partial charge in [0.2, 0.25) is 5.16 Å². The molecule has 0 spiro atoms. The zero-order valence-corrected chi connectivity index (χ0v) is 25.1. The van der Waals surface area contributed by atoms with E-state index in [0.29, 0.717) is 33.6 Å². The summed E-state index contributed by atoms with van der Waals surface area (Å²) in [5, 5.41) is 5.12. The summed E-state index contributed by atoms with van der Waals surface area (Å²) < 4.78 is 41.1. The largest absolute Gasteiger partial charge is 0.493 e. The van der Waals surface area contributed by atoms with Crippen molar-refractivity contribution in [3.8, 4) is 28.6 Å². The Balaban J connectivity index is 1.41. The third-order valence-corrected chi connectivity index (χ3v) is 7.75. The predicted octanol–water partition coefficient (Wildman–Crippen LogP) is 4.93. The van der Waals surface area contributed by atoms with Crippen LogP contribution in [0.25, 0.3) is 23.2 Å². The molecule has 3 aromatic carbocycles. The van der Waals surface area contributed by atoms with Crippen LogP contribution in [0.5, 0.6) is 11.5 Å². The van der Waals surface area contributed by atoms with Crippen molar-refractivity contribution in [3.63, 3.8) is 0 Å². The molecule has 10 nitrogen and oxygen atoms in total. The van der Waals surface area contributed by atoms with Gasteiger partial charge in [0.25, 0.3) is 0 Å². The molecule has 0 aliphatic heterocycles. The van der Waals surface area contributed by atoms with Crippen LogP contribution in [0, 0.1) is 6.92 Å². The molecular formula is C30H29N3O7S2. The first-order valence-corrected chi connectivity index (χ1v) is 15.6. The molecule has 0 unspecified atom stereocenters. The second-order valence-corrected chi connectivity index (χ2v) is 12.2. The maximum Gasteiger partial charge on any atom is 0.330 e. The van der Waals surface area contributed by atoms with E-state index in [1.54, 1.807) is 53.2 Å². The second-order valence-electron chi connectivity index (χ2n) is 9.12. The number of rotatable bonds is 11. The van der Waals surface area contributed by atoms with Gasteiger partial charge in [-0.2, -0.15) is 0 Å². The lowest BCUT2D eigenvalue weighted by Crippen LogP contribution is -2.04. The highest BCUT2D eigenvalue weighted by Gasteiger charge is 2.16. The molecule has 0 saturated carbocycles. The van der Waals surface area contributed by atoms with Crippen molar-refractivity contribution in [3.05, 3.63) is 83.9 Å². The van der Waals surface area contributed by atoms with Gasteiger partial charge in [0.05, 0.1) is 17.7 Å². The van der Waals surface area contributed by atoms with Crippen LogP contribution < -0.4 is 9.47 Å². The van der Waals surface area contributed by atoms with Crippen molar-refractivity contribution in [1.82, 2.24) is 14.8 Å². The molecular weight excluding hydrogens is 578 g/mol. The lowest BCUT2D eigenvalue weighted by Gasteiger charge is -2.08. The Morgan fingerprint density at radius 2 is 1.71 bits per heavy atom. The van der Waals surface area contributed by atoms with Gasteiger partial charge in [-0.05, 0) is 67.1 Å². The standard InChI is InChI=1S/C30H29N3O7S2/c1-20-5-11-24(12-6-20)33-29(23-9-13-25(14-10-23)42(4,36)37)31-30(32-33)41-18-17-39-28(35)16-8-22-7-15-26(40-21(2)34)27(19-22)38-3/h5-16,19H,17-18H2,1-4H3/b16-8+. The number of nitrogens with zero attached hydrogens (tertiary/aromatic N) is 3. The zero-order chi connectivity index (χ0) is 30.3. The van der Waals surface area contributed by atoms with Gasteiger partial charge in [-0.3, -0.25) is 4.79 Å². The highest BCUT2D eigenvalue weighted by molar-refractivity contribution is 7.99.